The maximum absolute atomic E-state index is 13.3. The monoisotopic (exact) mass is 470 g/mol. The lowest BCUT2D eigenvalue weighted by atomic mass is 9.94. The number of imidazole rings is 1. The number of aromatic nitrogens is 3. The van der Waals surface area contributed by atoms with Gasteiger partial charge in [-0.3, -0.25) is 23.6 Å². The highest BCUT2D eigenvalue weighted by molar-refractivity contribution is 7.13. The van der Waals surface area contributed by atoms with Crippen LogP contribution in [0, 0.1) is 0 Å². The van der Waals surface area contributed by atoms with Gasteiger partial charge in [-0.25, -0.2) is 9.78 Å². The van der Waals surface area contributed by atoms with Gasteiger partial charge in [0.1, 0.15) is 0 Å². The molecule has 8 nitrogen and oxygen atoms in total. The summed E-state index contributed by atoms with van der Waals surface area (Å²) in [7, 11) is 0. The van der Waals surface area contributed by atoms with Crippen LogP contribution in [-0.2, 0) is 27.4 Å². The molecule has 1 atom stereocenters. The number of aryl methyl sites for hydroxylation is 2. The van der Waals surface area contributed by atoms with Crippen LogP contribution in [0.3, 0.4) is 0 Å². The lowest BCUT2D eigenvalue weighted by Gasteiger charge is -2.33. The molecule has 1 amide bonds. The summed E-state index contributed by atoms with van der Waals surface area (Å²) in [5.41, 5.74) is 1.48. The van der Waals surface area contributed by atoms with Gasteiger partial charge in [0.25, 0.3) is 5.91 Å². The van der Waals surface area contributed by atoms with Crippen molar-refractivity contribution in [3.63, 3.8) is 0 Å². The fourth-order valence-corrected chi connectivity index (χ4v) is 5.32. The van der Waals surface area contributed by atoms with Gasteiger partial charge in [0.05, 0.1) is 17.5 Å². The Hall–Kier alpha value is -2.94. The van der Waals surface area contributed by atoms with Crippen LogP contribution < -0.4 is 10.6 Å². The van der Waals surface area contributed by atoms with Gasteiger partial charge >= 0.3 is 11.7 Å². The fourth-order valence-electron chi connectivity index (χ4n) is 4.60. The van der Waals surface area contributed by atoms with Crippen molar-refractivity contribution in [2.75, 3.05) is 4.90 Å². The zero-order chi connectivity index (χ0) is 23.4. The smallest absolute Gasteiger partial charge is 0.329 e. The Morgan fingerprint density at radius 2 is 1.88 bits per heavy atom. The van der Waals surface area contributed by atoms with Crippen molar-refractivity contribution in [2.45, 2.75) is 77.6 Å². The minimum atomic E-state index is -0.919. The van der Waals surface area contributed by atoms with E-state index in [1.807, 2.05) is 36.6 Å². The number of nitrogens with zero attached hydrogens (tertiary/aromatic N) is 4. The van der Waals surface area contributed by atoms with Crippen molar-refractivity contribution in [2.24, 2.45) is 0 Å². The third-order valence-electron chi connectivity index (χ3n) is 6.24. The molecule has 4 rings (SSSR count). The second-order valence-corrected chi connectivity index (χ2v) is 9.24. The van der Waals surface area contributed by atoms with E-state index in [2.05, 4.69) is 4.98 Å². The van der Waals surface area contributed by atoms with Crippen LogP contribution in [0.25, 0.3) is 11.0 Å². The van der Waals surface area contributed by atoms with Gasteiger partial charge in [0.2, 0.25) is 0 Å². The predicted octanol–water partition coefficient (Wildman–Crippen LogP) is 3.97. The van der Waals surface area contributed by atoms with Gasteiger partial charge < -0.3 is 4.74 Å². The van der Waals surface area contributed by atoms with Gasteiger partial charge in [0.15, 0.2) is 11.2 Å². The Kier molecular flexibility index (Phi) is 7.27. The maximum Gasteiger partial charge on any atom is 0.329 e. The highest BCUT2D eigenvalue weighted by Crippen LogP contribution is 2.29. The van der Waals surface area contributed by atoms with Gasteiger partial charge in [-0.15, -0.1) is 11.3 Å². The number of esters is 1. The van der Waals surface area contributed by atoms with Crippen LogP contribution in [0.2, 0.25) is 0 Å². The number of carbonyl (C=O) groups is 2. The van der Waals surface area contributed by atoms with Crippen LogP contribution in [0.15, 0.2) is 40.6 Å². The Bertz CT molecular complexity index is 1160. The van der Waals surface area contributed by atoms with Gasteiger partial charge in [-0.2, -0.15) is 0 Å². The van der Waals surface area contributed by atoms with Crippen molar-refractivity contribution in [3.05, 3.63) is 46.3 Å². The van der Waals surface area contributed by atoms with Crippen LogP contribution in [-0.4, -0.2) is 38.1 Å². The minimum absolute atomic E-state index is 0.00985. The quantitative estimate of drug-likeness (QED) is 0.465. The number of benzene rings is 1. The number of thiazole rings is 1. The second-order valence-electron chi connectivity index (χ2n) is 8.36. The average Bonchev–Trinajstić information content (AvgIpc) is 3.44. The first-order valence-corrected chi connectivity index (χ1v) is 12.5. The second kappa shape index (κ2) is 10.3. The van der Waals surface area contributed by atoms with Crippen LogP contribution in [0.1, 0.15) is 52.4 Å². The van der Waals surface area contributed by atoms with E-state index >= 15 is 0 Å². The van der Waals surface area contributed by atoms with Crippen molar-refractivity contribution in [1.29, 1.82) is 0 Å². The standard InChI is InChI=1S/C24H30N4O4S/c1-3-26-19-11-7-8-12-20(19)27(24(26)31)15-13-21(29)32-17(2)22(30)28(23-25-14-16-33-23)18-9-5-4-6-10-18/h7-8,11-12,14,16-18H,3-6,9-10,13,15H2,1-2H3. The van der Waals surface area contributed by atoms with E-state index in [0.717, 1.165) is 36.7 Å². The summed E-state index contributed by atoms with van der Waals surface area (Å²) in [6, 6.07) is 7.61. The Morgan fingerprint density at radius 3 is 2.52 bits per heavy atom. The van der Waals surface area contributed by atoms with Crippen molar-refractivity contribution in [3.8, 4) is 0 Å². The third kappa shape index (κ3) is 4.88. The van der Waals surface area contributed by atoms with Gasteiger partial charge in [0, 0.05) is 30.7 Å². The summed E-state index contributed by atoms with van der Waals surface area (Å²) < 4.78 is 8.79. The number of rotatable bonds is 8. The highest BCUT2D eigenvalue weighted by atomic mass is 32.1. The molecule has 1 aliphatic rings. The number of anilines is 1. The molecule has 3 aromatic rings. The van der Waals surface area contributed by atoms with Crippen LogP contribution in [0.5, 0.6) is 0 Å². The molecule has 1 saturated carbocycles. The summed E-state index contributed by atoms with van der Waals surface area (Å²) in [5.74, 6) is -0.747. The number of carbonyl (C=O) groups excluding carboxylic acids is 2. The number of amides is 1. The first-order chi connectivity index (χ1) is 16.0. The van der Waals surface area contributed by atoms with Crippen LogP contribution in [0.4, 0.5) is 5.13 Å². The molecule has 9 heteroatoms. The molecule has 1 unspecified atom stereocenters. The van der Waals surface area contributed by atoms with E-state index < -0.39 is 12.1 Å². The van der Waals surface area contributed by atoms with Crippen molar-refractivity contribution in [1.82, 2.24) is 14.1 Å². The van der Waals surface area contributed by atoms with Crippen molar-refractivity contribution >= 4 is 39.4 Å². The number of ether oxygens (including phenoxy) is 1. The summed E-state index contributed by atoms with van der Waals surface area (Å²) in [6.07, 6.45) is 5.96. The zero-order valence-electron chi connectivity index (χ0n) is 19.1. The Morgan fingerprint density at radius 1 is 1.18 bits per heavy atom. The summed E-state index contributed by atoms with van der Waals surface area (Å²) in [6.45, 7) is 4.28. The molecule has 0 aliphatic heterocycles. The van der Waals surface area contributed by atoms with E-state index in [4.69, 9.17) is 4.74 Å². The molecule has 0 radical (unpaired) electrons. The van der Waals surface area contributed by atoms with E-state index in [-0.39, 0.29) is 30.6 Å². The number of hydrogen-bond acceptors (Lipinski definition) is 6. The molecule has 0 N–H and O–H groups in total. The largest absolute Gasteiger partial charge is 0.452 e. The molecule has 1 aromatic carbocycles. The van der Waals surface area contributed by atoms with E-state index in [1.54, 1.807) is 27.2 Å². The normalized spacial score (nSPS) is 15.5. The van der Waals surface area contributed by atoms with E-state index in [0.29, 0.717) is 11.7 Å². The molecule has 1 aliphatic carbocycles. The molecule has 176 valence electrons. The Balaban J connectivity index is 1.43. The summed E-state index contributed by atoms with van der Waals surface area (Å²) in [4.78, 5) is 44.7. The Labute approximate surface area is 196 Å². The fraction of sp³-hybridized carbons (Fsp3) is 0.500. The van der Waals surface area contributed by atoms with E-state index in [1.165, 1.54) is 17.8 Å². The molecule has 0 bridgehead atoms. The summed E-state index contributed by atoms with van der Waals surface area (Å²) in [5, 5.41) is 2.49. The molecular formula is C24H30N4O4S. The molecule has 0 saturated heterocycles. The average molecular weight is 471 g/mol. The molecule has 1 fully saturated rings. The van der Waals surface area contributed by atoms with Crippen molar-refractivity contribution < 1.29 is 14.3 Å². The lowest BCUT2D eigenvalue weighted by Crippen LogP contribution is -2.47. The molecule has 0 spiro atoms. The topological polar surface area (TPSA) is 86.4 Å². The first kappa shape index (κ1) is 23.2. The molecule has 2 aromatic heterocycles. The highest BCUT2D eigenvalue weighted by Gasteiger charge is 2.33. The van der Waals surface area contributed by atoms with E-state index in [9.17, 15) is 14.4 Å². The zero-order valence-corrected chi connectivity index (χ0v) is 19.9. The minimum Gasteiger partial charge on any atom is -0.452 e. The molecular weight excluding hydrogens is 440 g/mol. The van der Waals surface area contributed by atoms with Gasteiger partial charge in [-0.1, -0.05) is 31.4 Å². The third-order valence-corrected chi connectivity index (χ3v) is 7.01. The first-order valence-electron chi connectivity index (χ1n) is 11.6. The van der Waals surface area contributed by atoms with Gasteiger partial charge in [-0.05, 0) is 38.8 Å². The SMILES string of the molecule is CCn1c(=O)n(CCC(=O)OC(C)C(=O)N(c2nccs2)C2CCCCC2)c2ccccc21. The lowest BCUT2D eigenvalue weighted by molar-refractivity contribution is -0.154. The van der Waals surface area contributed by atoms with Crippen LogP contribution >= 0.6 is 11.3 Å². The summed E-state index contributed by atoms with van der Waals surface area (Å²) >= 11 is 1.42. The number of para-hydroxylation sites is 2. The maximum atomic E-state index is 13.3. The molecule has 2 heterocycles. The predicted molar refractivity (Wildman–Crippen MR) is 129 cm³/mol. The molecule has 33 heavy (non-hydrogen) atoms. The number of fused-ring (bicyclic) bond motifs is 1. The number of hydrogen-bond donors (Lipinski definition) is 0.